The summed E-state index contributed by atoms with van der Waals surface area (Å²) in [5.41, 5.74) is 1.38. The van der Waals surface area contributed by atoms with Crippen LogP contribution in [0.1, 0.15) is 37.7 Å². The van der Waals surface area contributed by atoms with Gasteiger partial charge in [0.15, 0.2) is 5.96 Å². The summed E-state index contributed by atoms with van der Waals surface area (Å²) in [4.78, 5) is 10.8. The number of likely N-dealkylation sites (tertiary alicyclic amines) is 1. The smallest absolute Gasteiger partial charge is 0.319 e. The summed E-state index contributed by atoms with van der Waals surface area (Å²) >= 11 is 0. The van der Waals surface area contributed by atoms with Crippen molar-refractivity contribution in [3.63, 3.8) is 0 Å². The van der Waals surface area contributed by atoms with Crippen molar-refractivity contribution in [1.29, 1.82) is 0 Å². The van der Waals surface area contributed by atoms with Gasteiger partial charge in [-0.3, -0.25) is 4.57 Å². The second-order valence-electron chi connectivity index (χ2n) is 6.82. The molecule has 0 bridgehead atoms. The number of imidazole rings is 1. The average molecular weight is 375 g/mol. The van der Waals surface area contributed by atoms with Crippen molar-refractivity contribution in [3.8, 4) is 0 Å². The van der Waals surface area contributed by atoms with E-state index in [0.29, 0.717) is 5.92 Å². The third-order valence-corrected chi connectivity index (χ3v) is 4.95. The van der Waals surface area contributed by atoms with E-state index in [1.165, 1.54) is 18.0 Å². The van der Waals surface area contributed by atoms with Gasteiger partial charge in [0.2, 0.25) is 0 Å². The first kappa shape index (κ1) is 19.3. The van der Waals surface area contributed by atoms with E-state index in [9.17, 15) is 8.78 Å². The van der Waals surface area contributed by atoms with Crippen LogP contribution in [0.25, 0.3) is 0 Å². The fourth-order valence-corrected chi connectivity index (χ4v) is 3.51. The van der Waals surface area contributed by atoms with Crippen LogP contribution in [0.5, 0.6) is 0 Å². The predicted molar refractivity (Wildman–Crippen MR) is 103 cm³/mol. The third-order valence-electron chi connectivity index (χ3n) is 4.95. The van der Waals surface area contributed by atoms with Crippen LogP contribution in [0.4, 0.5) is 8.78 Å². The number of hydrogen-bond acceptors (Lipinski definition) is 2. The van der Waals surface area contributed by atoms with Gasteiger partial charge >= 0.3 is 6.55 Å². The number of hydrogen-bond donors (Lipinski definition) is 1. The molecule has 0 spiro atoms. The molecule has 0 aliphatic carbocycles. The van der Waals surface area contributed by atoms with Gasteiger partial charge in [-0.15, -0.1) is 0 Å². The molecule has 5 nitrogen and oxygen atoms in total. The highest BCUT2D eigenvalue weighted by Gasteiger charge is 2.22. The molecule has 1 aliphatic heterocycles. The van der Waals surface area contributed by atoms with E-state index >= 15 is 0 Å². The molecule has 0 atom stereocenters. The predicted octanol–water partition coefficient (Wildman–Crippen LogP) is 3.70. The third kappa shape index (κ3) is 5.28. The molecular weight excluding hydrogens is 348 g/mol. The second kappa shape index (κ2) is 9.48. The number of nitrogens with one attached hydrogen (secondary N) is 1. The molecule has 0 unspecified atom stereocenters. The lowest BCUT2D eigenvalue weighted by Crippen LogP contribution is -2.45. The zero-order chi connectivity index (χ0) is 19.1. The number of alkyl halides is 2. The van der Waals surface area contributed by atoms with Gasteiger partial charge in [-0.2, -0.15) is 8.78 Å². The van der Waals surface area contributed by atoms with Crippen LogP contribution in [0.15, 0.2) is 47.7 Å². The van der Waals surface area contributed by atoms with Crippen LogP contribution in [-0.2, 0) is 13.0 Å². The van der Waals surface area contributed by atoms with Crippen LogP contribution < -0.4 is 5.32 Å². The van der Waals surface area contributed by atoms with Crippen LogP contribution >= 0.6 is 0 Å². The molecule has 146 valence electrons. The van der Waals surface area contributed by atoms with E-state index < -0.39 is 6.55 Å². The van der Waals surface area contributed by atoms with Gasteiger partial charge in [0.25, 0.3) is 0 Å². The Morgan fingerprint density at radius 1 is 1.26 bits per heavy atom. The molecule has 1 saturated heterocycles. The van der Waals surface area contributed by atoms with E-state index in [2.05, 4.69) is 44.5 Å². The Morgan fingerprint density at radius 3 is 2.67 bits per heavy atom. The van der Waals surface area contributed by atoms with Crippen LogP contribution in [0.2, 0.25) is 0 Å². The summed E-state index contributed by atoms with van der Waals surface area (Å²) in [7, 11) is 0. The molecular formula is C20H27F2N5. The van der Waals surface area contributed by atoms with Gasteiger partial charge in [0, 0.05) is 32.0 Å². The standard InChI is InChI=1S/C20H27F2N5/c1-2-23-20(25-15-18-24-10-13-27(18)19(21)22)26-11-8-17(9-12-26)14-16-6-4-3-5-7-16/h3-7,10,13,17,19H,2,8-9,11-12,14-15H2,1H3,(H,23,25). The summed E-state index contributed by atoms with van der Waals surface area (Å²) in [6.45, 7) is 2.15. The molecule has 1 aliphatic rings. The lowest BCUT2D eigenvalue weighted by atomic mass is 9.90. The topological polar surface area (TPSA) is 45.5 Å². The fourth-order valence-electron chi connectivity index (χ4n) is 3.51. The molecule has 1 fully saturated rings. The van der Waals surface area contributed by atoms with Crippen LogP contribution in [0, 0.1) is 5.92 Å². The molecule has 0 saturated carbocycles. The van der Waals surface area contributed by atoms with Crippen LogP contribution in [-0.4, -0.2) is 40.0 Å². The van der Waals surface area contributed by atoms with Crippen molar-refractivity contribution < 1.29 is 8.78 Å². The Hall–Kier alpha value is -2.44. The van der Waals surface area contributed by atoms with E-state index in [0.717, 1.165) is 49.4 Å². The van der Waals surface area contributed by atoms with E-state index in [1.54, 1.807) is 0 Å². The largest absolute Gasteiger partial charge is 0.357 e. The Labute approximate surface area is 159 Å². The number of rotatable bonds is 6. The highest BCUT2D eigenvalue weighted by molar-refractivity contribution is 5.80. The van der Waals surface area contributed by atoms with Gasteiger partial charge in [0.1, 0.15) is 12.4 Å². The quantitative estimate of drug-likeness (QED) is 0.619. The maximum Gasteiger partial charge on any atom is 0.319 e. The average Bonchev–Trinajstić information content (AvgIpc) is 3.16. The first-order valence-electron chi connectivity index (χ1n) is 9.54. The molecule has 3 rings (SSSR count). The van der Waals surface area contributed by atoms with E-state index in [4.69, 9.17) is 0 Å². The maximum atomic E-state index is 13.0. The zero-order valence-corrected chi connectivity index (χ0v) is 15.7. The minimum atomic E-state index is -2.59. The van der Waals surface area contributed by atoms with Crippen molar-refractivity contribution in [2.75, 3.05) is 19.6 Å². The van der Waals surface area contributed by atoms with Crippen molar-refractivity contribution in [1.82, 2.24) is 19.8 Å². The summed E-state index contributed by atoms with van der Waals surface area (Å²) in [5, 5.41) is 3.28. The fraction of sp³-hybridized carbons (Fsp3) is 0.500. The number of benzene rings is 1. The van der Waals surface area contributed by atoms with Gasteiger partial charge in [-0.25, -0.2) is 9.98 Å². The van der Waals surface area contributed by atoms with E-state index in [-0.39, 0.29) is 12.4 Å². The number of halogens is 2. The molecule has 0 radical (unpaired) electrons. The first-order valence-corrected chi connectivity index (χ1v) is 9.54. The number of piperidine rings is 1. The van der Waals surface area contributed by atoms with Crippen molar-refractivity contribution >= 4 is 5.96 Å². The molecule has 1 N–H and O–H groups in total. The first-order chi connectivity index (χ1) is 13.2. The van der Waals surface area contributed by atoms with Gasteiger partial charge in [-0.1, -0.05) is 30.3 Å². The molecule has 1 aromatic carbocycles. The van der Waals surface area contributed by atoms with Gasteiger partial charge in [-0.05, 0) is 37.7 Å². The Kier molecular flexibility index (Phi) is 6.79. The maximum absolute atomic E-state index is 13.0. The lowest BCUT2D eigenvalue weighted by Gasteiger charge is -2.34. The normalized spacial score (nSPS) is 16.1. The zero-order valence-electron chi connectivity index (χ0n) is 15.7. The van der Waals surface area contributed by atoms with Crippen molar-refractivity contribution in [2.24, 2.45) is 10.9 Å². The minimum absolute atomic E-state index is 0.142. The number of aromatic nitrogens is 2. The molecule has 7 heteroatoms. The highest BCUT2D eigenvalue weighted by Crippen LogP contribution is 2.22. The van der Waals surface area contributed by atoms with E-state index in [1.807, 2.05) is 13.0 Å². The number of nitrogens with zero attached hydrogens (tertiary/aromatic N) is 4. The monoisotopic (exact) mass is 375 g/mol. The van der Waals surface area contributed by atoms with Crippen molar-refractivity contribution in [2.45, 2.75) is 39.3 Å². The minimum Gasteiger partial charge on any atom is -0.357 e. The molecule has 2 heterocycles. The van der Waals surface area contributed by atoms with Crippen molar-refractivity contribution in [3.05, 3.63) is 54.1 Å². The number of guanidine groups is 1. The Bertz CT molecular complexity index is 721. The second-order valence-corrected chi connectivity index (χ2v) is 6.82. The SMILES string of the molecule is CCNC(=NCc1nccn1C(F)F)N1CCC(Cc2ccccc2)CC1. The summed E-state index contributed by atoms with van der Waals surface area (Å²) in [6, 6.07) is 10.6. The Balaban J connectivity index is 1.58. The molecule has 27 heavy (non-hydrogen) atoms. The summed E-state index contributed by atoms with van der Waals surface area (Å²) < 4.78 is 26.8. The van der Waals surface area contributed by atoms with Crippen LogP contribution in [0.3, 0.4) is 0 Å². The highest BCUT2D eigenvalue weighted by atomic mass is 19.3. The molecule has 2 aromatic rings. The van der Waals surface area contributed by atoms with Gasteiger partial charge < -0.3 is 10.2 Å². The summed E-state index contributed by atoms with van der Waals surface area (Å²) in [5.74, 6) is 1.73. The summed E-state index contributed by atoms with van der Waals surface area (Å²) in [6.07, 6.45) is 5.99. The molecule has 0 amide bonds. The Morgan fingerprint density at radius 2 is 2.00 bits per heavy atom. The van der Waals surface area contributed by atoms with Gasteiger partial charge in [0.05, 0.1) is 0 Å². The number of aliphatic imine (C=N–C) groups is 1. The lowest BCUT2D eigenvalue weighted by molar-refractivity contribution is 0.0670. The molecule has 1 aromatic heterocycles.